The van der Waals surface area contributed by atoms with Gasteiger partial charge in [-0.25, -0.2) is 9.37 Å². The van der Waals surface area contributed by atoms with E-state index in [1.165, 1.54) is 18.2 Å². The van der Waals surface area contributed by atoms with Crippen molar-refractivity contribution in [1.82, 2.24) is 10.3 Å². The molecule has 3 heterocycles. The predicted molar refractivity (Wildman–Crippen MR) is 93.1 cm³/mol. The molecule has 0 unspecified atom stereocenters. The van der Waals surface area contributed by atoms with Crippen LogP contribution >= 0.6 is 0 Å². The van der Waals surface area contributed by atoms with Crippen LogP contribution in [0.15, 0.2) is 53.1 Å². The van der Waals surface area contributed by atoms with Gasteiger partial charge in [-0.1, -0.05) is 6.07 Å². The van der Waals surface area contributed by atoms with Crippen LogP contribution in [0.5, 0.6) is 0 Å². The highest BCUT2D eigenvalue weighted by Crippen LogP contribution is 2.21. The molecule has 1 aliphatic heterocycles. The monoisotopic (exact) mass is 339 g/mol. The smallest absolute Gasteiger partial charge is 0.287 e. The molecule has 5 nitrogen and oxygen atoms in total. The number of furan rings is 1. The number of anilines is 1. The van der Waals surface area contributed by atoms with E-state index in [4.69, 9.17) is 4.42 Å². The Bertz CT molecular complexity index is 886. The van der Waals surface area contributed by atoms with Gasteiger partial charge in [0.1, 0.15) is 17.2 Å². The van der Waals surface area contributed by atoms with Gasteiger partial charge < -0.3 is 14.6 Å². The number of halogens is 1. The Morgan fingerprint density at radius 1 is 1.20 bits per heavy atom. The Labute approximate surface area is 144 Å². The van der Waals surface area contributed by atoms with Crippen molar-refractivity contribution >= 4 is 22.7 Å². The van der Waals surface area contributed by atoms with Gasteiger partial charge in [0.15, 0.2) is 5.76 Å². The van der Waals surface area contributed by atoms with E-state index in [0.29, 0.717) is 11.0 Å². The highest BCUT2D eigenvalue weighted by molar-refractivity contribution is 5.96. The molecule has 6 heteroatoms. The van der Waals surface area contributed by atoms with E-state index < -0.39 is 0 Å². The third kappa shape index (κ3) is 3.33. The molecule has 1 N–H and O–H groups in total. The molecule has 1 amide bonds. The third-order valence-corrected chi connectivity index (χ3v) is 4.51. The van der Waals surface area contributed by atoms with Gasteiger partial charge in [-0.15, -0.1) is 0 Å². The first-order valence-electron chi connectivity index (χ1n) is 8.35. The topological polar surface area (TPSA) is 58.4 Å². The van der Waals surface area contributed by atoms with Gasteiger partial charge in [0, 0.05) is 30.7 Å². The van der Waals surface area contributed by atoms with Crippen LogP contribution in [0.4, 0.5) is 10.2 Å². The number of piperidine rings is 1. The van der Waals surface area contributed by atoms with E-state index in [0.717, 1.165) is 31.7 Å². The van der Waals surface area contributed by atoms with Crippen molar-refractivity contribution in [2.45, 2.75) is 18.9 Å². The predicted octanol–water partition coefficient (Wildman–Crippen LogP) is 3.37. The maximum Gasteiger partial charge on any atom is 0.287 e. The molecule has 0 radical (unpaired) electrons. The van der Waals surface area contributed by atoms with Crippen molar-refractivity contribution in [2.75, 3.05) is 18.0 Å². The highest BCUT2D eigenvalue weighted by atomic mass is 19.1. The van der Waals surface area contributed by atoms with Gasteiger partial charge in [0.25, 0.3) is 5.91 Å². The molecule has 128 valence electrons. The zero-order chi connectivity index (χ0) is 17.2. The lowest BCUT2D eigenvalue weighted by molar-refractivity contribution is 0.0905. The molecule has 0 bridgehead atoms. The fourth-order valence-corrected chi connectivity index (χ4v) is 3.18. The Hall–Kier alpha value is -2.89. The van der Waals surface area contributed by atoms with Crippen LogP contribution < -0.4 is 10.2 Å². The summed E-state index contributed by atoms with van der Waals surface area (Å²) in [5, 5.41) is 3.60. The van der Waals surface area contributed by atoms with E-state index in [9.17, 15) is 9.18 Å². The van der Waals surface area contributed by atoms with Crippen LogP contribution in [-0.4, -0.2) is 30.0 Å². The largest absolute Gasteiger partial charge is 0.451 e. The Morgan fingerprint density at radius 2 is 2.04 bits per heavy atom. The molecule has 0 atom stereocenters. The fraction of sp³-hybridized carbons (Fsp3) is 0.263. The average molecular weight is 339 g/mol. The van der Waals surface area contributed by atoms with Crippen molar-refractivity contribution in [3.8, 4) is 0 Å². The summed E-state index contributed by atoms with van der Waals surface area (Å²) in [5.74, 6) is 0.578. The molecular weight excluding hydrogens is 321 g/mol. The standard InChI is InChI=1S/C19H18FN3O2/c20-14-4-5-16-13(11-14)12-17(25-16)19(24)22-15-6-9-23(10-7-15)18-3-1-2-8-21-18/h1-5,8,11-12,15H,6-7,9-10H2,(H,22,24). The van der Waals surface area contributed by atoms with E-state index in [1.807, 2.05) is 18.2 Å². The number of rotatable bonds is 3. The molecule has 4 rings (SSSR count). The second-order valence-electron chi connectivity index (χ2n) is 6.22. The lowest BCUT2D eigenvalue weighted by Crippen LogP contribution is -2.44. The summed E-state index contributed by atoms with van der Waals surface area (Å²) in [7, 11) is 0. The van der Waals surface area contributed by atoms with Crippen LogP contribution in [0.25, 0.3) is 11.0 Å². The number of benzene rings is 1. The van der Waals surface area contributed by atoms with E-state index in [-0.39, 0.29) is 23.5 Å². The minimum absolute atomic E-state index is 0.0948. The number of amides is 1. The SMILES string of the molecule is O=C(NC1CCN(c2ccccn2)CC1)c1cc2cc(F)ccc2o1. The van der Waals surface area contributed by atoms with E-state index >= 15 is 0 Å². The Kier molecular flexibility index (Phi) is 4.09. The zero-order valence-corrected chi connectivity index (χ0v) is 13.6. The van der Waals surface area contributed by atoms with E-state index in [2.05, 4.69) is 15.2 Å². The molecule has 0 aliphatic carbocycles. The molecule has 25 heavy (non-hydrogen) atoms. The first kappa shape index (κ1) is 15.6. The number of nitrogens with zero attached hydrogens (tertiary/aromatic N) is 2. The van der Waals surface area contributed by atoms with Gasteiger partial charge >= 0.3 is 0 Å². The molecule has 1 aliphatic rings. The average Bonchev–Trinajstić information content (AvgIpc) is 3.06. The molecule has 1 saturated heterocycles. The number of pyridine rings is 1. The first-order valence-corrected chi connectivity index (χ1v) is 8.35. The summed E-state index contributed by atoms with van der Waals surface area (Å²) >= 11 is 0. The van der Waals surface area contributed by atoms with E-state index in [1.54, 1.807) is 12.3 Å². The number of fused-ring (bicyclic) bond motifs is 1. The van der Waals surface area contributed by atoms with Crippen LogP contribution in [0.2, 0.25) is 0 Å². The van der Waals surface area contributed by atoms with Crippen molar-refractivity contribution in [2.24, 2.45) is 0 Å². The quantitative estimate of drug-likeness (QED) is 0.795. The minimum Gasteiger partial charge on any atom is -0.451 e. The van der Waals surface area contributed by atoms with Crippen LogP contribution in [0.1, 0.15) is 23.4 Å². The zero-order valence-electron chi connectivity index (χ0n) is 13.6. The second-order valence-corrected chi connectivity index (χ2v) is 6.22. The number of carbonyl (C=O) groups excluding carboxylic acids is 1. The van der Waals surface area contributed by atoms with Gasteiger partial charge in [0.2, 0.25) is 0 Å². The highest BCUT2D eigenvalue weighted by Gasteiger charge is 2.23. The molecule has 2 aromatic heterocycles. The maximum absolute atomic E-state index is 13.2. The number of carbonyl (C=O) groups is 1. The summed E-state index contributed by atoms with van der Waals surface area (Å²) in [4.78, 5) is 19.0. The summed E-state index contributed by atoms with van der Waals surface area (Å²) in [5.41, 5.74) is 0.511. The summed E-state index contributed by atoms with van der Waals surface area (Å²) in [6.45, 7) is 1.68. The lowest BCUT2D eigenvalue weighted by Gasteiger charge is -2.32. The molecule has 0 saturated carbocycles. The molecular formula is C19H18FN3O2. The number of hydrogen-bond donors (Lipinski definition) is 1. The normalized spacial score (nSPS) is 15.5. The molecule has 0 spiro atoms. The third-order valence-electron chi connectivity index (χ3n) is 4.51. The molecule has 3 aromatic rings. The molecule has 1 fully saturated rings. The number of aromatic nitrogens is 1. The number of hydrogen-bond acceptors (Lipinski definition) is 4. The van der Waals surface area contributed by atoms with Crippen LogP contribution in [0.3, 0.4) is 0 Å². The number of nitrogens with one attached hydrogen (secondary N) is 1. The van der Waals surface area contributed by atoms with Crippen molar-refractivity contribution in [3.63, 3.8) is 0 Å². The maximum atomic E-state index is 13.2. The lowest BCUT2D eigenvalue weighted by atomic mass is 10.0. The van der Waals surface area contributed by atoms with Gasteiger partial charge in [-0.3, -0.25) is 4.79 Å². The Balaban J connectivity index is 1.38. The summed E-state index contributed by atoms with van der Waals surface area (Å²) < 4.78 is 18.8. The van der Waals surface area contributed by atoms with Crippen LogP contribution in [0, 0.1) is 5.82 Å². The second kappa shape index (κ2) is 6.55. The Morgan fingerprint density at radius 3 is 2.80 bits per heavy atom. The summed E-state index contributed by atoms with van der Waals surface area (Å²) in [6, 6.07) is 11.8. The summed E-state index contributed by atoms with van der Waals surface area (Å²) in [6.07, 6.45) is 3.47. The van der Waals surface area contributed by atoms with Crippen molar-refractivity contribution in [1.29, 1.82) is 0 Å². The van der Waals surface area contributed by atoms with Crippen molar-refractivity contribution in [3.05, 3.63) is 60.2 Å². The minimum atomic E-state index is -0.345. The molecule has 1 aromatic carbocycles. The van der Waals surface area contributed by atoms with Crippen LogP contribution in [-0.2, 0) is 0 Å². The first-order chi connectivity index (χ1) is 12.2. The van der Waals surface area contributed by atoms with Gasteiger partial charge in [0.05, 0.1) is 0 Å². The fourth-order valence-electron chi connectivity index (χ4n) is 3.18. The van der Waals surface area contributed by atoms with Gasteiger partial charge in [-0.05, 0) is 49.2 Å². The van der Waals surface area contributed by atoms with Crippen molar-refractivity contribution < 1.29 is 13.6 Å². The van der Waals surface area contributed by atoms with Gasteiger partial charge in [-0.2, -0.15) is 0 Å².